The van der Waals surface area contributed by atoms with Crippen molar-refractivity contribution < 1.29 is 9.84 Å². The van der Waals surface area contributed by atoms with Crippen LogP contribution in [0.3, 0.4) is 0 Å². The molecule has 3 rings (SSSR count). The Kier molecular flexibility index (Phi) is 4.64. The minimum absolute atomic E-state index is 0.203. The predicted molar refractivity (Wildman–Crippen MR) is 84.9 cm³/mol. The van der Waals surface area contributed by atoms with E-state index in [9.17, 15) is 5.11 Å². The molecule has 1 aromatic rings. The van der Waals surface area contributed by atoms with E-state index in [0.717, 1.165) is 30.4 Å². The van der Waals surface area contributed by atoms with E-state index in [1.54, 1.807) is 0 Å². The Morgan fingerprint density at radius 2 is 2.38 bits per heavy atom. The van der Waals surface area contributed by atoms with Crippen LogP contribution in [0.5, 0.6) is 0 Å². The van der Waals surface area contributed by atoms with Gasteiger partial charge in [-0.05, 0) is 60.3 Å². The van der Waals surface area contributed by atoms with E-state index >= 15 is 0 Å². The van der Waals surface area contributed by atoms with Crippen molar-refractivity contribution in [3.63, 3.8) is 0 Å². The van der Waals surface area contributed by atoms with Gasteiger partial charge in [0.05, 0.1) is 12.2 Å². The van der Waals surface area contributed by atoms with E-state index < -0.39 is 5.60 Å². The van der Waals surface area contributed by atoms with Crippen LogP contribution in [-0.2, 0) is 11.3 Å². The van der Waals surface area contributed by atoms with Gasteiger partial charge in [-0.15, -0.1) is 0 Å². The van der Waals surface area contributed by atoms with Crippen molar-refractivity contribution in [1.29, 1.82) is 0 Å². The highest BCUT2D eigenvalue weighted by Gasteiger charge is 2.43. The van der Waals surface area contributed by atoms with Crippen molar-refractivity contribution in [3.05, 3.63) is 28.5 Å². The molecule has 1 N–H and O–H groups in total. The summed E-state index contributed by atoms with van der Waals surface area (Å²) in [5.41, 5.74) is 0.605. The first-order valence-electron chi connectivity index (χ1n) is 7.70. The van der Waals surface area contributed by atoms with E-state index in [2.05, 4.69) is 31.9 Å². The van der Waals surface area contributed by atoms with Crippen molar-refractivity contribution in [3.8, 4) is 0 Å². The van der Waals surface area contributed by atoms with Crippen LogP contribution in [0.25, 0.3) is 0 Å². The standard InChI is InChI=1S/C16H23BrN2O2/c1-16(20)4-6-21-11-14(16)15-3-2-5-19(15)10-12-7-13(17)9-18-8-12/h7-9,14-15,20H,2-6,10-11H2,1H3/t14-,15-,16+/m1/s1. The average molecular weight is 355 g/mol. The van der Waals surface area contributed by atoms with Crippen molar-refractivity contribution in [2.75, 3.05) is 19.8 Å². The van der Waals surface area contributed by atoms with Crippen LogP contribution in [0.4, 0.5) is 0 Å². The Balaban J connectivity index is 1.73. The van der Waals surface area contributed by atoms with Gasteiger partial charge in [0.15, 0.2) is 0 Å². The highest BCUT2D eigenvalue weighted by atomic mass is 79.9. The molecule has 0 aliphatic carbocycles. The Morgan fingerprint density at radius 3 is 3.14 bits per heavy atom. The quantitative estimate of drug-likeness (QED) is 0.905. The van der Waals surface area contributed by atoms with E-state index in [4.69, 9.17) is 4.74 Å². The molecule has 5 heteroatoms. The number of rotatable bonds is 3. The van der Waals surface area contributed by atoms with Crippen molar-refractivity contribution in [2.24, 2.45) is 5.92 Å². The number of ether oxygens (including phenoxy) is 1. The first-order chi connectivity index (χ1) is 10.1. The molecule has 4 nitrogen and oxygen atoms in total. The average Bonchev–Trinajstić information content (AvgIpc) is 2.86. The molecule has 0 spiro atoms. The summed E-state index contributed by atoms with van der Waals surface area (Å²) in [7, 11) is 0. The molecular formula is C16H23BrN2O2. The summed E-state index contributed by atoms with van der Waals surface area (Å²) in [5, 5.41) is 10.7. The van der Waals surface area contributed by atoms with E-state index in [1.807, 2.05) is 19.3 Å². The monoisotopic (exact) mass is 354 g/mol. The van der Waals surface area contributed by atoms with Crippen LogP contribution in [0.2, 0.25) is 0 Å². The third-order valence-electron chi connectivity index (χ3n) is 4.87. The lowest BCUT2D eigenvalue weighted by Gasteiger charge is -2.43. The number of pyridine rings is 1. The largest absolute Gasteiger partial charge is 0.390 e. The normalized spacial score (nSPS) is 34.2. The van der Waals surface area contributed by atoms with Gasteiger partial charge in [-0.2, -0.15) is 0 Å². The van der Waals surface area contributed by atoms with Gasteiger partial charge in [0.1, 0.15) is 0 Å². The second-order valence-electron chi connectivity index (χ2n) is 6.48. The number of aliphatic hydroxyl groups is 1. The topological polar surface area (TPSA) is 45.6 Å². The molecule has 3 heterocycles. The van der Waals surface area contributed by atoms with Gasteiger partial charge >= 0.3 is 0 Å². The molecule has 0 unspecified atom stereocenters. The summed E-state index contributed by atoms with van der Waals surface area (Å²) >= 11 is 3.48. The van der Waals surface area contributed by atoms with Crippen LogP contribution in [0.1, 0.15) is 31.7 Å². The fraction of sp³-hybridized carbons (Fsp3) is 0.688. The number of halogens is 1. The molecular weight excluding hydrogens is 332 g/mol. The summed E-state index contributed by atoms with van der Waals surface area (Å²) in [6, 6.07) is 2.53. The Labute approximate surface area is 134 Å². The molecule has 2 saturated heterocycles. The lowest BCUT2D eigenvalue weighted by molar-refractivity contribution is -0.123. The highest BCUT2D eigenvalue weighted by Crippen LogP contribution is 2.36. The maximum Gasteiger partial charge on any atom is 0.0706 e. The van der Waals surface area contributed by atoms with Gasteiger partial charge in [-0.25, -0.2) is 0 Å². The summed E-state index contributed by atoms with van der Waals surface area (Å²) < 4.78 is 6.66. The number of hydrogen-bond donors (Lipinski definition) is 1. The zero-order valence-corrected chi connectivity index (χ0v) is 14.1. The van der Waals surface area contributed by atoms with Crippen LogP contribution in [0.15, 0.2) is 22.9 Å². The summed E-state index contributed by atoms with van der Waals surface area (Å²) in [6.45, 7) is 5.29. The molecule has 2 aliphatic heterocycles. The molecule has 2 fully saturated rings. The van der Waals surface area contributed by atoms with Crippen LogP contribution >= 0.6 is 15.9 Å². The van der Waals surface area contributed by atoms with Crippen LogP contribution in [0, 0.1) is 5.92 Å². The summed E-state index contributed by atoms with van der Waals surface area (Å²) in [6.07, 6.45) is 6.81. The van der Waals surface area contributed by atoms with Crippen molar-refractivity contribution >= 4 is 15.9 Å². The van der Waals surface area contributed by atoms with Gasteiger partial charge in [-0.1, -0.05) is 0 Å². The molecule has 0 saturated carbocycles. The van der Waals surface area contributed by atoms with Crippen molar-refractivity contribution in [2.45, 2.75) is 44.4 Å². The molecule has 0 bridgehead atoms. The Morgan fingerprint density at radius 1 is 1.52 bits per heavy atom. The lowest BCUT2D eigenvalue weighted by Crippen LogP contribution is -2.52. The van der Waals surface area contributed by atoms with Gasteiger partial charge in [0.25, 0.3) is 0 Å². The fourth-order valence-electron chi connectivity index (χ4n) is 3.66. The van der Waals surface area contributed by atoms with E-state index in [1.165, 1.54) is 12.0 Å². The smallest absolute Gasteiger partial charge is 0.0706 e. The lowest BCUT2D eigenvalue weighted by atomic mass is 9.79. The predicted octanol–water partition coefficient (Wildman–Crippen LogP) is 2.60. The van der Waals surface area contributed by atoms with Gasteiger partial charge in [0.2, 0.25) is 0 Å². The molecule has 0 radical (unpaired) electrons. The first-order valence-corrected chi connectivity index (χ1v) is 8.49. The molecule has 3 atom stereocenters. The number of aromatic nitrogens is 1. The van der Waals surface area contributed by atoms with Gasteiger partial charge < -0.3 is 9.84 Å². The Hall–Kier alpha value is -0.490. The Bertz CT molecular complexity index is 495. The van der Waals surface area contributed by atoms with E-state index in [-0.39, 0.29) is 5.92 Å². The molecule has 0 amide bonds. The van der Waals surface area contributed by atoms with Gasteiger partial charge in [0, 0.05) is 42.0 Å². The maximum atomic E-state index is 10.7. The van der Waals surface area contributed by atoms with Crippen LogP contribution < -0.4 is 0 Å². The van der Waals surface area contributed by atoms with E-state index in [0.29, 0.717) is 19.3 Å². The highest BCUT2D eigenvalue weighted by molar-refractivity contribution is 9.10. The summed E-state index contributed by atoms with van der Waals surface area (Å²) in [5.74, 6) is 0.203. The zero-order chi connectivity index (χ0) is 14.9. The molecule has 1 aromatic heterocycles. The molecule has 2 aliphatic rings. The second kappa shape index (κ2) is 6.32. The second-order valence-corrected chi connectivity index (χ2v) is 7.40. The SMILES string of the molecule is C[C@]1(O)CCOC[C@@H]1[C@H]1CCCN1Cc1cncc(Br)c1. The third-order valence-corrected chi connectivity index (χ3v) is 5.31. The summed E-state index contributed by atoms with van der Waals surface area (Å²) in [4.78, 5) is 6.73. The third kappa shape index (κ3) is 3.47. The van der Waals surface area contributed by atoms with Crippen molar-refractivity contribution in [1.82, 2.24) is 9.88 Å². The fourth-order valence-corrected chi connectivity index (χ4v) is 4.07. The molecule has 0 aromatic carbocycles. The maximum absolute atomic E-state index is 10.7. The molecule has 21 heavy (non-hydrogen) atoms. The minimum atomic E-state index is -0.610. The number of hydrogen-bond acceptors (Lipinski definition) is 4. The minimum Gasteiger partial charge on any atom is -0.390 e. The first kappa shape index (κ1) is 15.4. The number of nitrogens with zero attached hydrogens (tertiary/aromatic N) is 2. The number of likely N-dealkylation sites (tertiary alicyclic amines) is 1. The molecule has 116 valence electrons. The van der Waals surface area contributed by atoms with Crippen LogP contribution in [-0.4, -0.2) is 46.4 Å². The zero-order valence-electron chi connectivity index (χ0n) is 12.5. The van der Waals surface area contributed by atoms with Gasteiger partial charge in [-0.3, -0.25) is 9.88 Å².